The molecule has 1 saturated heterocycles. The van der Waals surface area contributed by atoms with Crippen molar-refractivity contribution < 1.29 is 22.5 Å². The van der Waals surface area contributed by atoms with Gasteiger partial charge in [-0.2, -0.15) is 18.2 Å². The summed E-state index contributed by atoms with van der Waals surface area (Å²) in [5, 5.41) is 6.67. The maximum Gasteiger partial charge on any atom is 0.416 e. The van der Waals surface area contributed by atoms with Gasteiger partial charge >= 0.3 is 12.2 Å². The number of urea groups is 1. The van der Waals surface area contributed by atoms with Crippen LogP contribution >= 0.6 is 0 Å². The van der Waals surface area contributed by atoms with Crippen LogP contribution in [0, 0.1) is 0 Å². The lowest BCUT2D eigenvalue weighted by atomic mass is 10.2. The smallest absolute Gasteiger partial charge is 0.353 e. The van der Waals surface area contributed by atoms with Crippen LogP contribution < -0.4 is 10.2 Å². The lowest BCUT2D eigenvalue weighted by Gasteiger charge is -2.35. The number of anilines is 2. The third-order valence-electron chi connectivity index (χ3n) is 5.73. The molecule has 2 fully saturated rings. The standard InChI is InChI=1S/C22H21F3N6O2/c23-22(24,25)16-4-6-17(7-5-16)27-21(32)31-11-9-30(10-12-31)18-8-3-15(13-26-18)19-28-20(33-29-19)14-1-2-14/h3-8,13-14H,1-2,9-12H2,(H,27,32). The highest BCUT2D eigenvalue weighted by atomic mass is 19.4. The Morgan fingerprint density at radius 2 is 1.76 bits per heavy atom. The van der Waals surface area contributed by atoms with E-state index < -0.39 is 11.7 Å². The molecule has 0 atom stereocenters. The molecule has 0 bridgehead atoms. The van der Waals surface area contributed by atoms with Crippen molar-refractivity contribution in [2.24, 2.45) is 0 Å². The SMILES string of the molecule is O=C(Nc1ccc(C(F)(F)F)cc1)N1CCN(c2ccc(-c3noc(C4CC4)n3)cn2)CC1. The molecule has 3 aromatic rings. The van der Waals surface area contributed by atoms with Crippen molar-refractivity contribution >= 4 is 17.5 Å². The molecule has 33 heavy (non-hydrogen) atoms. The molecule has 3 heterocycles. The minimum atomic E-state index is -4.41. The summed E-state index contributed by atoms with van der Waals surface area (Å²) in [6.45, 7) is 2.10. The maximum absolute atomic E-state index is 12.7. The molecular weight excluding hydrogens is 437 g/mol. The molecule has 2 amide bonds. The number of halogens is 3. The fourth-order valence-corrected chi connectivity index (χ4v) is 3.64. The molecule has 0 radical (unpaired) electrons. The number of nitrogens with zero attached hydrogens (tertiary/aromatic N) is 5. The average Bonchev–Trinajstić information content (AvgIpc) is 3.55. The van der Waals surface area contributed by atoms with Gasteiger partial charge in [-0.05, 0) is 49.2 Å². The fraction of sp³-hybridized carbons (Fsp3) is 0.364. The number of alkyl halides is 3. The second-order valence-corrected chi connectivity index (χ2v) is 8.11. The van der Waals surface area contributed by atoms with Gasteiger partial charge in [0.15, 0.2) is 0 Å². The van der Waals surface area contributed by atoms with Crippen molar-refractivity contribution in [2.45, 2.75) is 24.9 Å². The monoisotopic (exact) mass is 458 g/mol. The molecule has 2 aromatic heterocycles. The second-order valence-electron chi connectivity index (χ2n) is 8.11. The van der Waals surface area contributed by atoms with E-state index >= 15 is 0 Å². The maximum atomic E-state index is 12.7. The first kappa shape index (κ1) is 21.2. The molecule has 1 aliphatic carbocycles. The molecule has 1 aromatic carbocycles. The topological polar surface area (TPSA) is 87.4 Å². The minimum absolute atomic E-state index is 0.319. The lowest BCUT2D eigenvalue weighted by molar-refractivity contribution is -0.137. The van der Waals surface area contributed by atoms with E-state index in [-0.39, 0.29) is 6.03 Å². The number of hydrogen-bond donors (Lipinski definition) is 1. The molecule has 1 aliphatic heterocycles. The van der Waals surface area contributed by atoms with Gasteiger partial charge in [0.2, 0.25) is 11.7 Å². The first-order valence-electron chi connectivity index (χ1n) is 10.6. The molecule has 0 unspecified atom stereocenters. The average molecular weight is 458 g/mol. The molecule has 1 saturated carbocycles. The van der Waals surface area contributed by atoms with Crippen molar-refractivity contribution in [1.29, 1.82) is 0 Å². The molecule has 5 rings (SSSR count). The first-order valence-corrected chi connectivity index (χ1v) is 10.6. The first-order chi connectivity index (χ1) is 15.9. The number of carbonyl (C=O) groups excluding carboxylic acids is 1. The highest BCUT2D eigenvalue weighted by molar-refractivity contribution is 5.89. The van der Waals surface area contributed by atoms with E-state index in [9.17, 15) is 18.0 Å². The van der Waals surface area contributed by atoms with E-state index in [1.807, 2.05) is 12.1 Å². The normalized spacial score (nSPS) is 16.7. The zero-order chi connectivity index (χ0) is 23.0. The number of amides is 2. The van der Waals surface area contributed by atoms with Gasteiger partial charge in [0.05, 0.1) is 5.56 Å². The summed E-state index contributed by atoms with van der Waals surface area (Å²) < 4.78 is 43.3. The van der Waals surface area contributed by atoms with Crippen LogP contribution in [0.2, 0.25) is 0 Å². The Hall–Kier alpha value is -3.63. The molecule has 0 spiro atoms. The Balaban J connectivity index is 1.14. The molecule has 172 valence electrons. The predicted molar refractivity (Wildman–Crippen MR) is 114 cm³/mol. The summed E-state index contributed by atoms with van der Waals surface area (Å²) in [4.78, 5) is 25.1. The van der Waals surface area contributed by atoms with E-state index in [0.717, 1.165) is 36.4 Å². The number of benzene rings is 1. The summed E-state index contributed by atoms with van der Waals surface area (Å²) in [5.74, 6) is 2.39. The van der Waals surface area contributed by atoms with Gasteiger partial charge in [-0.1, -0.05) is 5.16 Å². The van der Waals surface area contributed by atoms with Crippen LogP contribution in [0.15, 0.2) is 47.1 Å². The van der Waals surface area contributed by atoms with Crippen molar-refractivity contribution in [3.8, 4) is 11.4 Å². The number of hydrogen-bond acceptors (Lipinski definition) is 6. The van der Waals surface area contributed by atoms with Crippen molar-refractivity contribution in [2.75, 3.05) is 36.4 Å². The molecule has 11 heteroatoms. The van der Waals surface area contributed by atoms with Gasteiger partial charge in [0.1, 0.15) is 5.82 Å². The van der Waals surface area contributed by atoms with Gasteiger partial charge < -0.3 is 19.6 Å². The quantitative estimate of drug-likeness (QED) is 0.624. The van der Waals surface area contributed by atoms with Gasteiger partial charge in [-0.15, -0.1) is 0 Å². The van der Waals surface area contributed by atoms with Gasteiger partial charge in [-0.3, -0.25) is 0 Å². The van der Waals surface area contributed by atoms with Crippen LogP contribution in [0.4, 0.5) is 29.5 Å². The Labute approximate surface area is 187 Å². The number of piperazine rings is 1. The van der Waals surface area contributed by atoms with E-state index in [4.69, 9.17) is 4.52 Å². The predicted octanol–water partition coefficient (Wildman–Crippen LogP) is 4.38. The highest BCUT2D eigenvalue weighted by Gasteiger charge is 2.31. The second kappa shape index (κ2) is 8.38. The van der Waals surface area contributed by atoms with Gasteiger partial charge in [0.25, 0.3) is 0 Å². The van der Waals surface area contributed by atoms with Gasteiger partial charge in [-0.25, -0.2) is 9.78 Å². The minimum Gasteiger partial charge on any atom is -0.353 e. The Bertz CT molecular complexity index is 1120. The summed E-state index contributed by atoms with van der Waals surface area (Å²) in [5.41, 5.74) is 0.346. The van der Waals surface area contributed by atoms with Crippen molar-refractivity contribution in [3.63, 3.8) is 0 Å². The Morgan fingerprint density at radius 3 is 2.36 bits per heavy atom. The third-order valence-corrected chi connectivity index (χ3v) is 5.73. The number of aromatic nitrogens is 3. The summed E-state index contributed by atoms with van der Waals surface area (Å²) in [6, 6.07) is 7.84. The van der Waals surface area contributed by atoms with Crippen LogP contribution in [-0.2, 0) is 6.18 Å². The number of rotatable bonds is 4. The summed E-state index contributed by atoms with van der Waals surface area (Å²) >= 11 is 0. The van der Waals surface area contributed by atoms with Crippen LogP contribution in [0.1, 0.15) is 30.2 Å². The zero-order valence-electron chi connectivity index (χ0n) is 17.5. The lowest BCUT2D eigenvalue weighted by Crippen LogP contribution is -2.50. The Morgan fingerprint density at radius 1 is 1.03 bits per heavy atom. The molecule has 1 N–H and O–H groups in total. The molecule has 8 nitrogen and oxygen atoms in total. The third kappa shape index (κ3) is 4.76. The van der Waals surface area contributed by atoms with E-state index in [1.165, 1.54) is 12.1 Å². The van der Waals surface area contributed by atoms with Crippen LogP contribution in [0.5, 0.6) is 0 Å². The van der Waals surface area contributed by atoms with Crippen LogP contribution in [0.3, 0.4) is 0 Å². The van der Waals surface area contributed by atoms with E-state index in [2.05, 4.69) is 25.3 Å². The molecular formula is C22H21F3N6O2. The van der Waals surface area contributed by atoms with Crippen molar-refractivity contribution in [1.82, 2.24) is 20.0 Å². The van der Waals surface area contributed by atoms with Crippen LogP contribution in [-0.4, -0.2) is 52.2 Å². The van der Waals surface area contributed by atoms with Crippen molar-refractivity contribution in [3.05, 3.63) is 54.0 Å². The van der Waals surface area contributed by atoms with Gasteiger partial charge in [0, 0.05) is 49.5 Å². The summed E-state index contributed by atoms with van der Waals surface area (Å²) in [6.07, 6.45) is -0.517. The molecule has 2 aliphatic rings. The highest BCUT2D eigenvalue weighted by Crippen LogP contribution is 2.39. The zero-order valence-corrected chi connectivity index (χ0v) is 17.5. The van der Waals surface area contributed by atoms with E-state index in [1.54, 1.807) is 11.1 Å². The number of carbonyl (C=O) groups is 1. The van der Waals surface area contributed by atoms with E-state index in [0.29, 0.717) is 49.5 Å². The fourth-order valence-electron chi connectivity index (χ4n) is 3.64. The summed E-state index contributed by atoms with van der Waals surface area (Å²) in [7, 11) is 0. The Kier molecular flexibility index (Phi) is 5.39. The largest absolute Gasteiger partial charge is 0.416 e. The van der Waals surface area contributed by atoms with Crippen LogP contribution in [0.25, 0.3) is 11.4 Å². The number of pyridine rings is 1. The number of nitrogens with one attached hydrogen (secondary N) is 1.